The molecule has 1 amide bonds. The molecule has 0 atom stereocenters. The van der Waals surface area contributed by atoms with E-state index in [1.54, 1.807) is 18.3 Å². The fraction of sp³-hybridized carbons (Fsp3) is 0.182. The number of aromatic nitrogens is 1. The normalized spacial score (nSPS) is 11.1. The molecule has 3 aromatic rings. The standard InChI is InChI=1S/C22H21ClIN3O2/c1-4-29-21-10-7-16(11-20(21)24)13-25-26-22(28)18-12-17(8-9-19(18)23)27-14(2)5-6-15(27)3/h5-13H,4H2,1-3H3,(H,26,28). The van der Waals surface area contributed by atoms with E-state index in [0.717, 1.165) is 32.0 Å². The van der Waals surface area contributed by atoms with Crippen molar-refractivity contribution >= 4 is 46.3 Å². The number of hydrogen-bond acceptors (Lipinski definition) is 3. The molecule has 0 aliphatic carbocycles. The molecule has 150 valence electrons. The third kappa shape index (κ3) is 5.00. The molecule has 1 N–H and O–H groups in total. The molecular formula is C22H21ClIN3O2. The number of halogens is 2. The number of ether oxygens (including phenoxy) is 1. The highest BCUT2D eigenvalue weighted by Crippen LogP contribution is 2.23. The van der Waals surface area contributed by atoms with Crippen LogP contribution in [-0.2, 0) is 0 Å². The molecule has 0 saturated carbocycles. The molecule has 0 fully saturated rings. The lowest BCUT2D eigenvalue weighted by Crippen LogP contribution is -2.18. The number of carbonyl (C=O) groups is 1. The minimum atomic E-state index is -0.365. The number of amides is 1. The monoisotopic (exact) mass is 521 g/mol. The molecule has 1 aromatic heterocycles. The number of rotatable bonds is 6. The van der Waals surface area contributed by atoms with Gasteiger partial charge in [-0.1, -0.05) is 11.6 Å². The Kier molecular flexibility index (Phi) is 6.97. The van der Waals surface area contributed by atoms with E-state index in [2.05, 4.69) is 37.7 Å². The average Bonchev–Trinajstić information content (AvgIpc) is 3.03. The maximum Gasteiger partial charge on any atom is 0.272 e. The second kappa shape index (κ2) is 9.45. The molecule has 0 unspecified atom stereocenters. The van der Waals surface area contributed by atoms with Crippen molar-refractivity contribution in [3.63, 3.8) is 0 Å². The van der Waals surface area contributed by atoms with Crippen LogP contribution < -0.4 is 10.2 Å². The molecule has 5 nitrogen and oxygen atoms in total. The van der Waals surface area contributed by atoms with Crippen molar-refractivity contribution in [3.05, 3.63) is 79.6 Å². The van der Waals surface area contributed by atoms with Crippen molar-refractivity contribution in [3.8, 4) is 11.4 Å². The minimum Gasteiger partial charge on any atom is -0.493 e. The Morgan fingerprint density at radius 2 is 1.90 bits per heavy atom. The number of nitrogens with zero attached hydrogens (tertiary/aromatic N) is 2. The van der Waals surface area contributed by atoms with Crippen LogP contribution in [-0.4, -0.2) is 23.3 Å². The summed E-state index contributed by atoms with van der Waals surface area (Å²) in [6.45, 7) is 6.59. The molecule has 2 aromatic carbocycles. The predicted molar refractivity (Wildman–Crippen MR) is 126 cm³/mol. The van der Waals surface area contributed by atoms with Gasteiger partial charge >= 0.3 is 0 Å². The van der Waals surface area contributed by atoms with Crippen molar-refractivity contribution < 1.29 is 9.53 Å². The van der Waals surface area contributed by atoms with Crippen LogP contribution in [0.4, 0.5) is 0 Å². The maximum atomic E-state index is 12.6. The summed E-state index contributed by atoms with van der Waals surface area (Å²) in [4.78, 5) is 12.6. The van der Waals surface area contributed by atoms with Crippen molar-refractivity contribution in [2.45, 2.75) is 20.8 Å². The highest BCUT2D eigenvalue weighted by atomic mass is 127. The minimum absolute atomic E-state index is 0.365. The third-order valence-electron chi connectivity index (χ3n) is 4.36. The van der Waals surface area contributed by atoms with Crippen LogP contribution in [0, 0.1) is 17.4 Å². The SMILES string of the molecule is CCOc1ccc(C=NNC(=O)c2cc(-n3c(C)ccc3C)ccc2Cl)cc1I. The summed E-state index contributed by atoms with van der Waals surface area (Å²) in [7, 11) is 0. The molecule has 0 saturated heterocycles. The molecule has 0 aliphatic heterocycles. The Morgan fingerprint density at radius 3 is 2.55 bits per heavy atom. The number of nitrogens with one attached hydrogen (secondary N) is 1. The second-order valence-corrected chi connectivity index (χ2v) is 8.01. The van der Waals surface area contributed by atoms with Crippen LogP contribution in [0.5, 0.6) is 5.75 Å². The van der Waals surface area contributed by atoms with E-state index in [-0.39, 0.29) is 5.91 Å². The first-order valence-electron chi connectivity index (χ1n) is 9.11. The molecule has 7 heteroatoms. The molecular weight excluding hydrogens is 501 g/mol. The van der Waals surface area contributed by atoms with Crippen LogP contribution in [0.2, 0.25) is 5.02 Å². The largest absolute Gasteiger partial charge is 0.493 e. The van der Waals surface area contributed by atoms with Crippen LogP contribution in [0.1, 0.15) is 34.2 Å². The van der Waals surface area contributed by atoms with Crippen molar-refractivity contribution in [2.75, 3.05) is 6.61 Å². The molecule has 3 rings (SSSR count). The van der Waals surface area contributed by atoms with Gasteiger partial charge in [-0.3, -0.25) is 4.79 Å². The molecule has 1 heterocycles. The summed E-state index contributed by atoms with van der Waals surface area (Å²) in [6.07, 6.45) is 1.59. The van der Waals surface area contributed by atoms with E-state index >= 15 is 0 Å². The van der Waals surface area contributed by atoms with E-state index in [1.807, 2.05) is 57.2 Å². The van der Waals surface area contributed by atoms with Gasteiger partial charge in [0.15, 0.2) is 0 Å². The first kappa shape index (κ1) is 21.4. The molecule has 0 radical (unpaired) electrons. The Morgan fingerprint density at radius 1 is 1.17 bits per heavy atom. The number of carbonyl (C=O) groups excluding carboxylic acids is 1. The molecule has 0 bridgehead atoms. The zero-order chi connectivity index (χ0) is 21.0. The van der Waals surface area contributed by atoms with Gasteiger partial charge in [0.1, 0.15) is 5.75 Å². The lowest BCUT2D eigenvalue weighted by Gasteiger charge is -2.12. The summed E-state index contributed by atoms with van der Waals surface area (Å²) in [6, 6.07) is 15.2. The first-order valence-corrected chi connectivity index (χ1v) is 10.6. The van der Waals surface area contributed by atoms with E-state index in [9.17, 15) is 4.79 Å². The highest BCUT2D eigenvalue weighted by Gasteiger charge is 2.13. The van der Waals surface area contributed by atoms with Gasteiger partial charge in [0, 0.05) is 17.1 Å². The Hall–Kier alpha value is -2.32. The predicted octanol–water partition coefficient (Wildman–Crippen LogP) is 5.51. The number of benzene rings is 2. The maximum absolute atomic E-state index is 12.6. The van der Waals surface area contributed by atoms with Crippen LogP contribution in [0.25, 0.3) is 5.69 Å². The summed E-state index contributed by atoms with van der Waals surface area (Å²) >= 11 is 8.47. The lowest BCUT2D eigenvalue weighted by molar-refractivity contribution is 0.0955. The highest BCUT2D eigenvalue weighted by molar-refractivity contribution is 14.1. The van der Waals surface area contributed by atoms with Crippen LogP contribution in [0.3, 0.4) is 0 Å². The average molecular weight is 522 g/mol. The Labute approximate surface area is 188 Å². The van der Waals surface area contributed by atoms with Crippen LogP contribution in [0.15, 0.2) is 53.6 Å². The zero-order valence-electron chi connectivity index (χ0n) is 16.4. The number of hydrazone groups is 1. The van der Waals surface area contributed by atoms with Crippen molar-refractivity contribution in [2.24, 2.45) is 5.10 Å². The number of hydrogen-bond donors (Lipinski definition) is 1. The topological polar surface area (TPSA) is 55.6 Å². The van der Waals surface area contributed by atoms with Gasteiger partial charge in [0.05, 0.1) is 27.0 Å². The van der Waals surface area contributed by atoms with E-state index in [1.165, 1.54) is 0 Å². The van der Waals surface area contributed by atoms with Gasteiger partial charge in [-0.25, -0.2) is 5.43 Å². The Balaban J connectivity index is 1.76. The quantitative estimate of drug-likeness (QED) is 0.264. The molecule has 0 spiro atoms. The van der Waals surface area contributed by atoms with Gasteiger partial charge in [-0.05, 0) is 97.5 Å². The third-order valence-corrected chi connectivity index (χ3v) is 5.53. The zero-order valence-corrected chi connectivity index (χ0v) is 19.3. The van der Waals surface area contributed by atoms with Crippen molar-refractivity contribution in [1.29, 1.82) is 0 Å². The second-order valence-electron chi connectivity index (χ2n) is 6.44. The van der Waals surface area contributed by atoms with Crippen LogP contribution >= 0.6 is 34.2 Å². The van der Waals surface area contributed by atoms with E-state index in [0.29, 0.717) is 17.2 Å². The van der Waals surface area contributed by atoms with Gasteiger partial charge in [0.25, 0.3) is 5.91 Å². The fourth-order valence-electron chi connectivity index (χ4n) is 3.00. The number of aryl methyl sites for hydroxylation is 2. The first-order chi connectivity index (χ1) is 13.9. The summed E-state index contributed by atoms with van der Waals surface area (Å²) < 4.78 is 8.57. The molecule has 29 heavy (non-hydrogen) atoms. The van der Waals surface area contributed by atoms with E-state index < -0.39 is 0 Å². The smallest absolute Gasteiger partial charge is 0.272 e. The van der Waals surface area contributed by atoms with Gasteiger partial charge in [0.2, 0.25) is 0 Å². The van der Waals surface area contributed by atoms with Gasteiger partial charge < -0.3 is 9.30 Å². The van der Waals surface area contributed by atoms with Gasteiger partial charge in [-0.2, -0.15) is 5.10 Å². The lowest BCUT2D eigenvalue weighted by atomic mass is 10.2. The molecule has 0 aliphatic rings. The van der Waals surface area contributed by atoms with Gasteiger partial charge in [-0.15, -0.1) is 0 Å². The van der Waals surface area contributed by atoms with E-state index in [4.69, 9.17) is 16.3 Å². The fourth-order valence-corrected chi connectivity index (χ4v) is 3.90. The Bertz CT molecular complexity index is 1060. The summed E-state index contributed by atoms with van der Waals surface area (Å²) in [5.74, 6) is 0.463. The van der Waals surface area contributed by atoms with Crippen molar-refractivity contribution in [1.82, 2.24) is 9.99 Å². The summed E-state index contributed by atoms with van der Waals surface area (Å²) in [5.41, 5.74) is 6.83. The summed E-state index contributed by atoms with van der Waals surface area (Å²) in [5, 5.41) is 4.44.